The predicted octanol–water partition coefficient (Wildman–Crippen LogP) is 6.68. The third-order valence-electron chi connectivity index (χ3n) is 6.13. The van der Waals surface area contributed by atoms with Crippen molar-refractivity contribution in [3.63, 3.8) is 0 Å². The summed E-state index contributed by atoms with van der Waals surface area (Å²) in [6, 6.07) is 10.5. The molecule has 2 aromatic carbocycles. The molecule has 2 heterocycles. The number of hydrogen-bond donors (Lipinski definition) is 1. The molecule has 1 aliphatic carbocycles. The quantitative estimate of drug-likeness (QED) is 0.210. The lowest BCUT2D eigenvalue weighted by Gasteiger charge is -2.14. The second-order valence-corrected chi connectivity index (χ2v) is 11.4. The first kappa shape index (κ1) is 25.1. The van der Waals surface area contributed by atoms with E-state index in [4.69, 9.17) is 32.9 Å². The normalized spacial score (nSPS) is 13.0. The van der Waals surface area contributed by atoms with Crippen LogP contribution in [0.4, 0.5) is 5.69 Å². The summed E-state index contributed by atoms with van der Waals surface area (Å²) in [6.07, 6.45) is 4.07. The van der Waals surface area contributed by atoms with Crippen LogP contribution in [-0.2, 0) is 17.6 Å². The third kappa shape index (κ3) is 4.87. The standard InChI is InChI=1S/C26H23Cl2N3O3S2/c1-14-11-19(20(34-2)12-18(14)28)29-22(32)13-35-26-30-24-23(17-5-3-4-6-21(17)36-24)25(33)31(26)16-9-7-15(27)8-10-16/h7-12H,3-6,13H2,1-2H3,(H,29,32). The number of amides is 1. The van der Waals surface area contributed by atoms with E-state index in [9.17, 15) is 9.59 Å². The predicted molar refractivity (Wildman–Crippen MR) is 149 cm³/mol. The Labute approximate surface area is 226 Å². The van der Waals surface area contributed by atoms with E-state index in [2.05, 4.69) is 5.32 Å². The Kier molecular flexibility index (Phi) is 7.30. The first-order chi connectivity index (χ1) is 17.4. The number of aryl methyl sites for hydroxylation is 3. The summed E-state index contributed by atoms with van der Waals surface area (Å²) in [6.45, 7) is 1.86. The van der Waals surface area contributed by atoms with Gasteiger partial charge in [0.25, 0.3) is 5.56 Å². The van der Waals surface area contributed by atoms with Crippen LogP contribution in [0.2, 0.25) is 10.0 Å². The molecule has 0 saturated heterocycles. The van der Waals surface area contributed by atoms with Crippen molar-refractivity contribution in [3.8, 4) is 11.4 Å². The van der Waals surface area contributed by atoms with Gasteiger partial charge >= 0.3 is 0 Å². The van der Waals surface area contributed by atoms with Crippen molar-refractivity contribution >= 4 is 68.1 Å². The molecule has 2 aromatic heterocycles. The van der Waals surface area contributed by atoms with E-state index in [0.29, 0.717) is 37.7 Å². The number of fused-ring (bicyclic) bond motifs is 3. The van der Waals surface area contributed by atoms with Crippen LogP contribution in [0, 0.1) is 6.92 Å². The summed E-state index contributed by atoms with van der Waals surface area (Å²) in [4.78, 5) is 33.6. The van der Waals surface area contributed by atoms with Gasteiger partial charge in [-0.05, 0) is 74.1 Å². The number of carbonyl (C=O) groups is 1. The number of thiophene rings is 1. The van der Waals surface area contributed by atoms with Crippen molar-refractivity contribution in [2.24, 2.45) is 0 Å². The van der Waals surface area contributed by atoms with Crippen LogP contribution in [0.5, 0.6) is 5.75 Å². The van der Waals surface area contributed by atoms with Crippen molar-refractivity contribution in [3.05, 3.63) is 72.8 Å². The van der Waals surface area contributed by atoms with E-state index < -0.39 is 0 Å². The molecule has 1 N–H and O–H groups in total. The number of thioether (sulfide) groups is 1. The Morgan fingerprint density at radius 3 is 2.69 bits per heavy atom. The number of ether oxygens (including phenoxy) is 1. The summed E-state index contributed by atoms with van der Waals surface area (Å²) in [5.41, 5.74) is 3.04. The lowest BCUT2D eigenvalue weighted by atomic mass is 9.97. The number of rotatable bonds is 6. The minimum absolute atomic E-state index is 0.0570. The number of aromatic nitrogens is 2. The van der Waals surface area contributed by atoms with Gasteiger partial charge < -0.3 is 10.1 Å². The summed E-state index contributed by atoms with van der Waals surface area (Å²) >= 11 is 15.1. The molecular weight excluding hydrogens is 537 g/mol. The Morgan fingerprint density at radius 1 is 1.19 bits per heavy atom. The summed E-state index contributed by atoms with van der Waals surface area (Å²) in [7, 11) is 1.52. The molecule has 0 spiro atoms. The van der Waals surface area contributed by atoms with Crippen LogP contribution < -0.4 is 15.6 Å². The third-order valence-corrected chi connectivity index (χ3v) is 8.91. The number of nitrogens with zero attached hydrogens (tertiary/aromatic N) is 2. The minimum atomic E-state index is -0.248. The Morgan fingerprint density at radius 2 is 1.94 bits per heavy atom. The highest BCUT2D eigenvalue weighted by Crippen LogP contribution is 2.36. The van der Waals surface area contributed by atoms with Gasteiger partial charge in [-0.3, -0.25) is 14.2 Å². The monoisotopic (exact) mass is 559 g/mol. The summed E-state index contributed by atoms with van der Waals surface area (Å²) < 4.78 is 6.95. The molecule has 4 aromatic rings. The van der Waals surface area contributed by atoms with Crippen LogP contribution >= 0.6 is 46.3 Å². The van der Waals surface area contributed by atoms with E-state index in [1.165, 1.54) is 23.7 Å². The van der Waals surface area contributed by atoms with Gasteiger partial charge in [-0.2, -0.15) is 0 Å². The largest absolute Gasteiger partial charge is 0.495 e. The number of methoxy groups -OCH3 is 1. The molecule has 1 amide bonds. The average Bonchev–Trinajstić information content (AvgIpc) is 3.24. The number of nitrogens with one attached hydrogen (secondary N) is 1. The molecule has 36 heavy (non-hydrogen) atoms. The van der Waals surface area contributed by atoms with Crippen molar-refractivity contribution in [2.45, 2.75) is 37.8 Å². The Bertz CT molecular complexity index is 1530. The first-order valence-corrected chi connectivity index (χ1v) is 14.0. The van der Waals surface area contributed by atoms with Crippen molar-refractivity contribution in [1.82, 2.24) is 9.55 Å². The van der Waals surface area contributed by atoms with Crippen molar-refractivity contribution in [1.29, 1.82) is 0 Å². The van der Waals surface area contributed by atoms with Crippen LogP contribution in [0.1, 0.15) is 28.8 Å². The van der Waals surface area contributed by atoms with Crippen LogP contribution in [0.3, 0.4) is 0 Å². The SMILES string of the molecule is COc1cc(Cl)c(C)cc1NC(=O)CSc1nc2sc3c(c2c(=O)n1-c1ccc(Cl)cc1)CCCC3. The molecule has 0 fully saturated rings. The maximum absolute atomic E-state index is 13.8. The molecular formula is C26H23Cl2N3O3S2. The topological polar surface area (TPSA) is 73.2 Å². The van der Waals surface area contributed by atoms with Gasteiger partial charge in [-0.1, -0.05) is 35.0 Å². The highest BCUT2D eigenvalue weighted by Gasteiger charge is 2.23. The Hall–Kier alpha value is -2.52. The van der Waals surface area contributed by atoms with Crippen LogP contribution in [-0.4, -0.2) is 28.3 Å². The molecule has 6 nitrogen and oxygen atoms in total. The summed E-state index contributed by atoms with van der Waals surface area (Å²) in [5, 5.41) is 5.18. The van der Waals surface area contributed by atoms with Crippen molar-refractivity contribution in [2.75, 3.05) is 18.2 Å². The maximum Gasteiger partial charge on any atom is 0.267 e. The molecule has 186 valence electrons. The van der Waals surface area contributed by atoms with Crippen LogP contribution in [0.15, 0.2) is 46.3 Å². The highest BCUT2D eigenvalue weighted by molar-refractivity contribution is 7.99. The minimum Gasteiger partial charge on any atom is -0.495 e. The zero-order valence-corrected chi connectivity index (χ0v) is 22.8. The van der Waals surface area contributed by atoms with Gasteiger partial charge in [0.1, 0.15) is 10.6 Å². The maximum atomic E-state index is 13.8. The number of hydrogen-bond acceptors (Lipinski definition) is 6. The molecule has 10 heteroatoms. The van der Waals surface area contributed by atoms with Gasteiger partial charge in [0.15, 0.2) is 5.16 Å². The van der Waals surface area contributed by atoms with Gasteiger partial charge in [-0.15, -0.1) is 11.3 Å². The fourth-order valence-electron chi connectivity index (χ4n) is 4.35. The van der Waals surface area contributed by atoms with E-state index in [1.54, 1.807) is 52.3 Å². The van der Waals surface area contributed by atoms with Gasteiger partial charge in [-0.25, -0.2) is 4.98 Å². The fraction of sp³-hybridized carbons (Fsp3) is 0.269. The van der Waals surface area contributed by atoms with Gasteiger partial charge in [0.2, 0.25) is 5.91 Å². The fourth-order valence-corrected chi connectivity index (χ4v) is 6.74. The molecule has 1 aliphatic rings. The smallest absolute Gasteiger partial charge is 0.267 e. The average molecular weight is 561 g/mol. The lowest BCUT2D eigenvalue weighted by Crippen LogP contribution is -2.23. The molecule has 5 rings (SSSR count). The number of halogens is 2. The zero-order valence-electron chi connectivity index (χ0n) is 19.7. The second-order valence-electron chi connectivity index (χ2n) is 8.54. The molecule has 0 unspecified atom stereocenters. The summed E-state index contributed by atoms with van der Waals surface area (Å²) in [5.74, 6) is 0.287. The Balaban J connectivity index is 1.50. The van der Waals surface area contributed by atoms with Gasteiger partial charge in [0.05, 0.1) is 29.6 Å². The highest BCUT2D eigenvalue weighted by atomic mass is 35.5. The van der Waals surface area contributed by atoms with E-state index in [1.807, 2.05) is 6.92 Å². The van der Waals surface area contributed by atoms with Crippen LogP contribution in [0.25, 0.3) is 15.9 Å². The first-order valence-electron chi connectivity index (χ1n) is 11.5. The number of anilines is 1. The number of benzene rings is 2. The van der Waals surface area contributed by atoms with E-state index in [-0.39, 0.29) is 17.2 Å². The lowest BCUT2D eigenvalue weighted by molar-refractivity contribution is -0.113. The molecule has 0 bridgehead atoms. The molecule has 0 radical (unpaired) electrons. The van der Waals surface area contributed by atoms with Gasteiger partial charge in [0, 0.05) is 21.0 Å². The molecule has 0 saturated carbocycles. The number of carbonyl (C=O) groups excluding carboxylic acids is 1. The van der Waals surface area contributed by atoms with E-state index >= 15 is 0 Å². The zero-order chi connectivity index (χ0) is 25.4. The second kappa shape index (κ2) is 10.5. The van der Waals surface area contributed by atoms with E-state index in [0.717, 1.165) is 41.6 Å². The molecule has 0 aliphatic heterocycles. The van der Waals surface area contributed by atoms with Crippen molar-refractivity contribution < 1.29 is 9.53 Å². The molecule has 0 atom stereocenters.